The summed E-state index contributed by atoms with van der Waals surface area (Å²) in [5.41, 5.74) is 1.40. The van der Waals surface area contributed by atoms with Crippen LogP contribution in [0.15, 0.2) is 50.4 Å². The summed E-state index contributed by atoms with van der Waals surface area (Å²) in [6, 6.07) is 8.35. The first-order valence-corrected chi connectivity index (χ1v) is 9.76. The lowest BCUT2D eigenvalue weighted by molar-refractivity contribution is 0.382. The first-order valence-electron chi connectivity index (χ1n) is 8.32. The summed E-state index contributed by atoms with van der Waals surface area (Å²) < 4.78 is 36.4. The van der Waals surface area contributed by atoms with Crippen LogP contribution in [0.1, 0.15) is 12.8 Å². The summed E-state index contributed by atoms with van der Waals surface area (Å²) >= 11 is 0. The maximum atomic E-state index is 12.4. The van der Waals surface area contributed by atoms with Crippen molar-refractivity contribution in [2.24, 2.45) is 0 Å². The van der Waals surface area contributed by atoms with Crippen molar-refractivity contribution >= 4 is 21.4 Å². The normalized spacial score (nSPS) is 11.7. The van der Waals surface area contributed by atoms with E-state index in [1.165, 1.54) is 24.7 Å². The molecule has 0 aliphatic heterocycles. The number of furan rings is 1. The van der Waals surface area contributed by atoms with E-state index in [1.54, 1.807) is 30.3 Å². The Morgan fingerprint density at radius 1 is 1.15 bits per heavy atom. The molecule has 0 amide bonds. The zero-order chi connectivity index (χ0) is 19.4. The van der Waals surface area contributed by atoms with Gasteiger partial charge < -0.3 is 19.6 Å². The van der Waals surface area contributed by atoms with Crippen LogP contribution in [-0.4, -0.2) is 43.5 Å². The lowest BCUT2D eigenvalue weighted by Crippen LogP contribution is -2.22. The zero-order valence-corrected chi connectivity index (χ0v) is 16.1. The molecule has 0 radical (unpaired) electrons. The number of sulfonamides is 1. The molecule has 1 aromatic carbocycles. The molecular formula is C17H21N5O4S. The van der Waals surface area contributed by atoms with E-state index in [4.69, 9.17) is 8.94 Å². The van der Waals surface area contributed by atoms with Gasteiger partial charge in [0.2, 0.25) is 21.7 Å². The molecule has 9 nitrogen and oxygen atoms in total. The van der Waals surface area contributed by atoms with Gasteiger partial charge in [-0.15, -0.1) is 0 Å². The fourth-order valence-corrected chi connectivity index (χ4v) is 3.32. The molecule has 0 aliphatic rings. The molecule has 0 aliphatic carbocycles. The Kier molecular flexibility index (Phi) is 5.47. The fourth-order valence-electron chi connectivity index (χ4n) is 2.39. The van der Waals surface area contributed by atoms with Crippen LogP contribution in [0.2, 0.25) is 0 Å². The molecule has 0 saturated carbocycles. The standard InChI is InChI=1S/C17H21N5O4S/c1-4-18-13-8-7-12(27(23,24)22(2)3)10-14(13)19-11-16-20-17(21-26-16)15-6-5-9-25-15/h5-10,18-19H,4,11H2,1-3H3. The predicted octanol–water partition coefficient (Wildman–Crippen LogP) is 2.62. The summed E-state index contributed by atoms with van der Waals surface area (Å²) in [4.78, 5) is 4.45. The SMILES string of the molecule is CCNc1ccc(S(=O)(=O)N(C)C)cc1NCc1nc(-c2ccco2)no1. The van der Waals surface area contributed by atoms with Crippen LogP contribution in [0, 0.1) is 0 Å². The van der Waals surface area contributed by atoms with E-state index in [9.17, 15) is 8.42 Å². The number of nitrogens with zero attached hydrogens (tertiary/aromatic N) is 3. The minimum atomic E-state index is -3.54. The summed E-state index contributed by atoms with van der Waals surface area (Å²) in [6.07, 6.45) is 1.53. The molecule has 0 spiro atoms. The van der Waals surface area contributed by atoms with E-state index in [0.717, 1.165) is 5.69 Å². The van der Waals surface area contributed by atoms with Crippen molar-refractivity contribution in [2.45, 2.75) is 18.4 Å². The van der Waals surface area contributed by atoms with Crippen molar-refractivity contribution in [2.75, 3.05) is 31.3 Å². The Morgan fingerprint density at radius 3 is 2.63 bits per heavy atom. The van der Waals surface area contributed by atoms with Gasteiger partial charge in [0.05, 0.1) is 29.1 Å². The molecule has 3 rings (SSSR count). The molecular weight excluding hydrogens is 370 g/mol. The van der Waals surface area contributed by atoms with Gasteiger partial charge in [-0.25, -0.2) is 12.7 Å². The van der Waals surface area contributed by atoms with Gasteiger partial charge >= 0.3 is 0 Å². The predicted molar refractivity (Wildman–Crippen MR) is 101 cm³/mol. The highest BCUT2D eigenvalue weighted by Crippen LogP contribution is 2.27. The monoisotopic (exact) mass is 391 g/mol. The number of anilines is 2. The van der Waals surface area contributed by atoms with Gasteiger partial charge in [0.1, 0.15) is 0 Å². The zero-order valence-electron chi connectivity index (χ0n) is 15.3. The van der Waals surface area contributed by atoms with Gasteiger partial charge in [0, 0.05) is 20.6 Å². The Labute approximate surface area is 157 Å². The Morgan fingerprint density at radius 2 is 1.96 bits per heavy atom. The van der Waals surface area contributed by atoms with Gasteiger partial charge in [-0.3, -0.25) is 0 Å². The molecule has 27 heavy (non-hydrogen) atoms. The van der Waals surface area contributed by atoms with Crippen molar-refractivity contribution in [3.05, 3.63) is 42.5 Å². The lowest BCUT2D eigenvalue weighted by Gasteiger charge is -2.16. The average molecular weight is 391 g/mol. The van der Waals surface area contributed by atoms with E-state index >= 15 is 0 Å². The number of rotatable bonds is 8. The number of hydrogen-bond acceptors (Lipinski definition) is 8. The van der Waals surface area contributed by atoms with Crippen molar-refractivity contribution in [3.8, 4) is 11.6 Å². The Balaban J connectivity index is 1.82. The van der Waals surface area contributed by atoms with E-state index in [2.05, 4.69) is 20.8 Å². The minimum Gasteiger partial charge on any atom is -0.461 e. The highest BCUT2D eigenvalue weighted by atomic mass is 32.2. The largest absolute Gasteiger partial charge is 0.461 e. The van der Waals surface area contributed by atoms with Crippen molar-refractivity contribution < 1.29 is 17.4 Å². The first kappa shape index (κ1) is 18.9. The van der Waals surface area contributed by atoms with E-state index in [-0.39, 0.29) is 11.4 Å². The van der Waals surface area contributed by atoms with Gasteiger partial charge in [-0.05, 0) is 37.3 Å². The van der Waals surface area contributed by atoms with Crippen molar-refractivity contribution in [3.63, 3.8) is 0 Å². The van der Waals surface area contributed by atoms with Crippen LogP contribution < -0.4 is 10.6 Å². The average Bonchev–Trinajstić information content (AvgIpc) is 3.32. The molecule has 2 aromatic heterocycles. The topological polar surface area (TPSA) is 114 Å². The summed E-state index contributed by atoms with van der Waals surface area (Å²) in [5.74, 6) is 1.22. The molecule has 0 atom stereocenters. The third kappa shape index (κ3) is 4.12. The smallest absolute Gasteiger partial charge is 0.246 e. The summed E-state index contributed by atoms with van der Waals surface area (Å²) in [6.45, 7) is 2.89. The second kappa shape index (κ2) is 7.80. The maximum Gasteiger partial charge on any atom is 0.246 e. The third-order valence-corrected chi connectivity index (χ3v) is 5.59. The van der Waals surface area contributed by atoms with Crippen LogP contribution in [0.3, 0.4) is 0 Å². The highest BCUT2D eigenvalue weighted by molar-refractivity contribution is 7.89. The highest BCUT2D eigenvalue weighted by Gasteiger charge is 2.19. The van der Waals surface area contributed by atoms with E-state index in [0.29, 0.717) is 29.7 Å². The number of nitrogens with one attached hydrogen (secondary N) is 2. The maximum absolute atomic E-state index is 12.4. The number of hydrogen-bond donors (Lipinski definition) is 2. The molecule has 2 N–H and O–H groups in total. The first-order chi connectivity index (χ1) is 12.9. The molecule has 144 valence electrons. The molecule has 0 unspecified atom stereocenters. The Bertz CT molecular complexity index is 996. The molecule has 3 aromatic rings. The number of aromatic nitrogens is 2. The summed E-state index contributed by atoms with van der Waals surface area (Å²) in [5, 5.41) is 10.2. The molecule has 0 fully saturated rings. The van der Waals surface area contributed by atoms with Gasteiger partial charge in [0.25, 0.3) is 0 Å². The Hall–Kier alpha value is -2.85. The van der Waals surface area contributed by atoms with Gasteiger partial charge in [-0.1, -0.05) is 5.16 Å². The molecule has 10 heteroatoms. The van der Waals surface area contributed by atoms with Crippen LogP contribution >= 0.6 is 0 Å². The molecule has 0 bridgehead atoms. The second-order valence-corrected chi connectivity index (χ2v) is 8.02. The van der Waals surface area contributed by atoms with E-state index in [1.807, 2.05) is 6.92 Å². The van der Waals surface area contributed by atoms with Crippen LogP contribution in [-0.2, 0) is 16.6 Å². The van der Waals surface area contributed by atoms with Crippen LogP contribution in [0.4, 0.5) is 11.4 Å². The lowest BCUT2D eigenvalue weighted by atomic mass is 10.2. The second-order valence-electron chi connectivity index (χ2n) is 5.87. The minimum absolute atomic E-state index is 0.193. The third-order valence-electron chi connectivity index (χ3n) is 3.78. The molecule has 2 heterocycles. The van der Waals surface area contributed by atoms with E-state index < -0.39 is 10.0 Å². The van der Waals surface area contributed by atoms with Gasteiger partial charge in [0.15, 0.2) is 5.76 Å². The quantitative estimate of drug-likeness (QED) is 0.602. The van der Waals surface area contributed by atoms with Gasteiger partial charge in [-0.2, -0.15) is 4.98 Å². The van der Waals surface area contributed by atoms with Crippen LogP contribution in [0.5, 0.6) is 0 Å². The molecule has 0 saturated heterocycles. The van der Waals surface area contributed by atoms with Crippen molar-refractivity contribution in [1.82, 2.24) is 14.4 Å². The van der Waals surface area contributed by atoms with Crippen LogP contribution in [0.25, 0.3) is 11.6 Å². The fraction of sp³-hybridized carbons (Fsp3) is 0.294. The van der Waals surface area contributed by atoms with Crippen molar-refractivity contribution in [1.29, 1.82) is 0 Å². The number of benzene rings is 1. The summed E-state index contributed by atoms with van der Waals surface area (Å²) in [7, 11) is -0.547.